The van der Waals surface area contributed by atoms with Gasteiger partial charge in [0.15, 0.2) is 5.82 Å². The summed E-state index contributed by atoms with van der Waals surface area (Å²) in [4.78, 5) is 6.38. The zero-order chi connectivity index (χ0) is 11.5. The van der Waals surface area contributed by atoms with E-state index < -0.39 is 5.54 Å². The van der Waals surface area contributed by atoms with Crippen molar-refractivity contribution in [2.45, 2.75) is 32.2 Å². The summed E-state index contributed by atoms with van der Waals surface area (Å²) in [6, 6.07) is 0. The SMILES string of the molecule is CCC(C)(N)c1nc(CCN(C)C)no1. The van der Waals surface area contributed by atoms with E-state index in [-0.39, 0.29) is 0 Å². The first-order chi connectivity index (χ1) is 6.95. The van der Waals surface area contributed by atoms with Gasteiger partial charge in [-0.3, -0.25) is 0 Å². The maximum Gasteiger partial charge on any atom is 0.246 e. The standard InChI is InChI=1S/C10H20N4O/c1-5-10(2,11)9-12-8(13-15-9)6-7-14(3)4/h5-7,11H2,1-4H3. The van der Waals surface area contributed by atoms with Crippen LogP contribution < -0.4 is 5.73 Å². The van der Waals surface area contributed by atoms with E-state index in [9.17, 15) is 0 Å². The maximum atomic E-state index is 6.00. The minimum atomic E-state index is -0.511. The lowest BCUT2D eigenvalue weighted by Crippen LogP contribution is -2.32. The van der Waals surface area contributed by atoms with Crippen molar-refractivity contribution in [1.29, 1.82) is 0 Å². The lowest BCUT2D eigenvalue weighted by atomic mass is 10.0. The van der Waals surface area contributed by atoms with Crippen LogP contribution in [0.5, 0.6) is 0 Å². The van der Waals surface area contributed by atoms with E-state index in [2.05, 4.69) is 15.0 Å². The Balaban J connectivity index is 2.64. The third-order valence-corrected chi connectivity index (χ3v) is 2.47. The van der Waals surface area contributed by atoms with E-state index in [0.29, 0.717) is 5.89 Å². The van der Waals surface area contributed by atoms with Gasteiger partial charge < -0.3 is 15.2 Å². The fraction of sp³-hybridized carbons (Fsp3) is 0.800. The number of nitrogens with zero attached hydrogens (tertiary/aromatic N) is 3. The molecule has 1 aromatic rings. The molecule has 0 aliphatic rings. The third kappa shape index (κ3) is 3.28. The summed E-state index contributed by atoms with van der Waals surface area (Å²) in [6.45, 7) is 4.81. The molecule has 86 valence electrons. The lowest BCUT2D eigenvalue weighted by Gasteiger charge is -2.16. The number of hydrogen-bond donors (Lipinski definition) is 1. The van der Waals surface area contributed by atoms with Gasteiger partial charge in [-0.15, -0.1) is 0 Å². The first-order valence-electron chi connectivity index (χ1n) is 5.22. The van der Waals surface area contributed by atoms with Gasteiger partial charge in [-0.2, -0.15) is 4.98 Å². The molecule has 5 nitrogen and oxygen atoms in total. The Morgan fingerprint density at radius 2 is 2.13 bits per heavy atom. The molecular weight excluding hydrogens is 192 g/mol. The molecule has 1 unspecified atom stereocenters. The van der Waals surface area contributed by atoms with Crippen LogP contribution in [0.3, 0.4) is 0 Å². The fourth-order valence-electron chi connectivity index (χ4n) is 1.06. The van der Waals surface area contributed by atoms with Gasteiger partial charge in [0, 0.05) is 13.0 Å². The van der Waals surface area contributed by atoms with Crippen molar-refractivity contribution < 1.29 is 4.52 Å². The predicted octanol–water partition coefficient (Wildman–Crippen LogP) is 0.758. The van der Waals surface area contributed by atoms with E-state index in [1.165, 1.54) is 0 Å². The summed E-state index contributed by atoms with van der Waals surface area (Å²) in [5.41, 5.74) is 5.49. The molecule has 0 saturated carbocycles. The zero-order valence-electron chi connectivity index (χ0n) is 9.95. The van der Waals surface area contributed by atoms with Crippen LogP contribution in [-0.4, -0.2) is 35.7 Å². The average Bonchev–Trinajstić information content (AvgIpc) is 2.63. The molecule has 15 heavy (non-hydrogen) atoms. The van der Waals surface area contributed by atoms with Gasteiger partial charge in [0.1, 0.15) is 0 Å². The molecule has 2 N–H and O–H groups in total. The summed E-state index contributed by atoms with van der Waals surface area (Å²) >= 11 is 0. The molecule has 0 radical (unpaired) electrons. The number of hydrogen-bond acceptors (Lipinski definition) is 5. The van der Waals surface area contributed by atoms with Crippen molar-refractivity contribution in [3.8, 4) is 0 Å². The van der Waals surface area contributed by atoms with Crippen LogP contribution in [0.2, 0.25) is 0 Å². The molecule has 0 saturated heterocycles. The quantitative estimate of drug-likeness (QED) is 0.780. The molecule has 0 aromatic carbocycles. The van der Waals surface area contributed by atoms with Gasteiger partial charge in [0.2, 0.25) is 5.89 Å². The van der Waals surface area contributed by atoms with Crippen molar-refractivity contribution in [2.75, 3.05) is 20.6 Å². The van der Waals surface area contributed by atoms with E-state index in [4.69, 9.17) is 10.3 Å². The Morgan fingerprint density at radius 3 is 2.67 bits per heavy atom. The van der Waals surface area contributed by atoms with Crippen LogP contribution in [0.15, 0.2) is 4.52 Å². The minimum Gasteiger partial charge on any atom is -0.337 e. The molecule has 1 rings (SSSR count). The molecule has 1 aromatic heterocycles. The third-order valence-electron chi connectivity index (χ3n) is 2.47. The van der Waals surface area contributed by atoms with Crippen molar-refractivity contribution in [3.63, 3.8) is 0 Å². The first kappa shape index (κ1) is 12.1. The molecular formula is C10H20N4O. The molecule has 0 aliphatic heterocycles. The van der Waals surface area contributed by atoms with Gasteiger partial charge in [-0.25, -0.2) is 0 Å². The molecule has 1 atom stereocenters. The van der Waals surface area contributed by atoms with Gasteiger partial charge in [0.05, 0.1) is 5.54 Å². The minimum absolute atomic E-state index is 0.511. The van der Waals surface area contributed by atoms with Gasteiger partial charge in [0.25, 0.3) is 0 Å². The molecule has 0 amide bonds. The summed E-state index contributed by atoms with van der Waals surface area (Å²) in [5, 5.41) is 3.91. The Hall–Kier alpha value is -0.940. The lowest BCUT2D eigenvalue weighted by molar-refractivity contribution is 0.289. The van der Waals surface area contributed by atoms with E-state index in [1.54, 1.807) is 0 Å². The van der Waals surface area contributed by atoms with Crippen molar-refractivity contribution in [3.05, 3.63) is 11.7 Å². The number of aromatic nitrogens is 2. The van der Waals surface area contributed by atoms with Crippen molar-refractivity contribution in [1.82, 2.24) is 15.0 Å². The summed E-state index contributed by atoms with van der Waals surface area (Å²) in [6.07, 6.45) is 1.57. The average molecular weight is 212 g/mol. The second-order valence-corrected chi connectivity index (χ2v) is 4.34. The highest BCUT2D eigenvalue weighted by Crippen LogP contribution is 2.18. The number of likely N-dealkylation sites (N-methyl/N-ethyl adjacent to an activating group) is 1. The Morgan fingerprint density at radius 1 is 1.47 bits per heavy atom. The van der Waals surface area contributed by atoms with E-state index >= 15 is 0 Å². The first-order valence-corrected chi connectivity index (χ1v) is 5.22. The second-order valence-electron chi connectivity index (χ2n) is 4.34. The van der Waals surface area contributed by atoms with Crippen molar-refractivity contribution in [2.24, 2.45) is 5.73 Å². The van der Waals surface area contributed by atoms with Crippen LogP contribution >= 0.6 is 0 Å². The van der Waals surface area contributed by atoms with Gasteiger partial charge in [-0.1, -0.05) is 12.1 Å². The Kier molecular flexibility index (Phi) is 3.82. The van der Waals surface area contributed by atoms with E-state index in [1.807, 2.05) is 27.9 Å². The monoisotopic (exact) mass is 212 g/mol. The summed E-state index contributed by atoms with van der Waals surface area (Å²) in [5.74, 6) is 1.25. The zero-order valence-corrected chi connectivity index (χ0v) is 9.95. The number of nitrogens with two attached hydrogens (primary N) is 1. The normalized spacial score (nSPS) is 15.6. The van der Waals surface area contributed by atoms with Crippen LogP contribution in [0, 0.1) is 0 Å². The summed E-state index contributed by atoms with van der Waals surface area (Å²) < 4.78 is 5.15. The molecule has 0 bridgehead atoms. The smallest absolute Gasteiger partial charge is 0.246 e. The van der Waals surface area contributed by atoms with Gasteiger partial charge in [-0.05, 0) is 27.4 Å². The van der Waals surface area contributed by atoms with Gasteiger partial charge >= 0.3 is 0 Å². The van der Waals surface area contributed by atoms with Crippen LogP contribution in [0.25, 0.3) is 0 Å². The molecule has 0 spiro atoms. The highest BCUT2D eigenvalue weighted by Gasteiger charge is 2.25. The fourth-order valence-corrected chi connectivity index (χ4v) is 1.06. The highest BCUT2D eigenvalue weighted by molar-refractivity contribution is 4.99. The Bertz CT molecular complexity index is 306. The van der Waals surface area contributed by atoms with E-state index in [0.717, 1.165) is 25.2 Å². The second kappa shape index (κ2) is 4.72. The largest absolute Gasteiger partial charge is 0.337 e. The predicted molar refractivity (Wildman–Crippen MR) is 58.4 cm³/mol. The highest BCUT2D eigenvalue weighted by atomic mass is 16.5. The number of rotatable bonds is 5. The molecule has 0 aliphatic carbocycles. The topological polar surface area (TPSA) is 68.2 Å². The van der Waals surface area contributed by atoms with Crippen LogP contribution in [0.1, 0.15) is 32.0 Å². The maximum absolute atomic E-state index is 6.00. The molecule has 5 heteroatoms. The molecule has 0 fully saturated rings. The van der Waals surface area contributed by atoms with Crippen molar-refractivity contribution >= 4 is 0 Å². The van der Waals surface area contributed by atoms with Crippen LogP contribution in [0.4, 0.5) is 0 Å². The Labute approximate surface area is 90.6 Å². The summed E-state index contributed by atoms with van der Waals surface area (Å²) in [7, 11) is 4.03. The molecule has 1 heterocycles. The van der Waals surface area contributed by atoms with Crippen LogP contribution in [-0.2, 0) is 12.0 Å².